The Balaban J connectivity index is 0.000000810. The normalized spacial score (nSPS) is 23.6. The summed E-state index contributed by atoms with van der Waals surface area (Å²) in [6, 6.07) is 0. The molecule has 0 aromatic rings. The second kappa shape index (κ2) is 4.07. The third-order valence-electron chi connectivity index (χ3n) is 1.23. The van der Waals surface area contributed by atoms with Crippen molar-refractivity contribution in [3.8, 4) is 0 Å². The fourth-order valence-electron chi connectivity index (χ4n) is 0.750. The Kier molecular flexibility index (Phi) is 4.11. The predicted molar refractivity (Wildman–Crippen MR) is 28.7 cm³/mol. The molecule has 0 radical (unpaired) electrons. The molecular weight excluding hydrogens is 253 g/mol. The number of nitrogens with zero attached hydrogens (tertiary/aromatic N) is 1. The molecule has 0 aliphatic carbocycles. The van der Waals surface area contributed by atoms with Crippen molar-refractivity contribution < 1.29 is 37.7 Å². The summed E-state index contributed by atoms with van der Waals surface area (Å²) >= 11 is 0. The van der Waals surface area contributed by atoms with E-state index in [1.54, 1.807) is 6.20 Å². The molecule has 0 saturated carbocycles. The fraction of sp³-hybridized carbons (Fsp3) is 0.600. The third-order valence-corrected chi connectivity index (χ3v) is 1.23. The van der Waals surface area contributed by atoms with Crippen LogP contribution in [0, 0.1) is 0 Å². The quantitative estimate of drug-likeness (QED) is 0.380. The van der Waals surface area contributed by atoms with Gasteiger partial charge in [-0.05, 0) is 0 Å². The lowest BCUT2D eigenvalue weighted by Gasteiger charge is -2.11. The van der Waals surface area contributed by atoms with Gasteiger partial charge in [0, 0.05) is 0 Å². The summed E-state index contributed by atoms with van der Waals surface area (Å²) in [5.74, 6) is 0. The van der Waals surface area contributed by atoms with Crippen LogP contribution in [0.15, 0.2) is 12.4 Å². The van der Waals surface area contributed by atoms with E-state index in [0.717, 1.165) is 9.80 Å². The first-order valence-corrected chi connectivity index (χ1v) is 2.74. The van der Waals surface area contributed by atoms with Crippen LogP contribution in [0.2, 0.25) is 0 Å². The summed E-state index contributed by atoms with van der Waals surface area (Å²) in [6.45, 7) is -1.98. The topological polar surface area (TPSA) is 7.68 Å². The van der Waals surface area contributed by atoms with Crippen LogP contribution in [0.25, 0.3) is 0 Å². The summed E-state index contributed by atoms with van der Waals surface area (Å²) in [4.78, 5) is 1.98. The van der Waals surface area contributed by atoms with Gasteiger partial charge in [0.25, 0.3) is 0 Å². The van der Waals surface area contributed by atoms with Crippen molar-refractivity contribution in [3.05, 3.63) is 12.4 Å². The molecule has 0 spiro atoms. The van der Waals surface area contributed by atoms with E-state index in [4.69, 9.17) is 0 Å². The van der Waals surface area contributed by atoms with Gasteiger partial charge >= 0.3 is 6.55 Å². The molecule has 0 aromatic heterocycles. The van der Waals surface area contributed by atoms with Gasteiger partial charge in [0.05, 0.1) is 13.2 Å². The van der Waals surface area contributed by atoms with Gasteiger partial charge in [-0.1, -0.05) is 0 Å². The lowest BCUT2D eigenvalue weighted by Crippen LogP contribution is -3.03. The van der Waals surface area contributed by atoms with E-state index >= 15 is 0 Å². The molecular formula is C5H9F2IN2. The number of halogens is 3. The summed E-state index contributed by atoms with van der Waals surface area (Å²) in [5, 5.41) is 0. The molecule has 0 amide bonds. The zero-order valence-corrected chi connectivity index (χ0v) is 7.68. The Morgan fingerprint density at radius 1 is 1.60 bits per heavy atom. The molecule has 0 fully saturated rings. The Morgan fingerprint density at radius 3 is 2.40 bits per heavy atom. The van der Waals surface area contributed by atoms with E-state index in [9.17, 15) is 8.78 Å². The van der Waals surface area contributed by atoms with Crippen molar-refractivity contribution >= 4 is 0 Å². The molecule has 5 heteroatoms. The molecule has 60 valence electrons. The van der Waals surface area contributed by atoms with Gasteiger partial charge in [0.2, 0.25) is 0 Å². The molecule has 1 heterocycles. The van der Waals surface area contributed by atoms with Crippen molar-refractivity contribution in [3.63, 3.8) is 0 Å². The summed E-state index contributed by atoms with van der Waals surface area (Å²) < 4.78 is 23.5. The van der Waals surface area contributed by atoms with Crippen LogP contribution in [-0.2, 0) is 0 Å². The van der Waals surface area contributed by atoms with E-state index in [1.807, 2.05) is 7.05 Å². The van der Waals surface area contributed by atoms with Gasteiger partial charge in [-0.15, -0.1) is 0 Å². The van der Waals surface area contributed by atoms with Crippen molar-refractivity contribution in [2.75, 3.05) is 13.7 Å². The Labute approximate surface area is 75.5 Å². The van der Waals surface area contributed by atoms with Gasteiger partial charge in [0.1, 0.15) is 6.20 Å². The Morgan fingerprint density at radius 2 is 2.20 bits per heavy atom. The molecule has 1 N–H and O–H groups in total. The number of rotatable bonds is 1. The maximum absolute atomic E-state index is 11.8. The highest BCUT2D eigenvalue weighted by Gasteiger charge is 2.19. The third kappa shape index (κ3) is 2.37. The summed E-state index contributed by atoms with van der Waals surface area (Å²) in [6.07, 6.45) is 3.12. The van der Waals surface area contributed by atoms with E-state index in [2.05, 4.69) is 0 Å². The van der Waals surface area contributed by atoms with Crippen LogP contribution in [0.1, 0.15) is 0 Å². The average molecular weight is 262 g/mol. The highest BCUT2D eigenvalue weighted by Crippen LogP contribution is 2.01. The number of hydrogen-bond acceptors (Lipinski definition) is 1. The van der Waals surface area contributed by atoms with Crippen molar-refractivity contribution in [1.29, 1.82) is 0 Å². The Hall–Kier alpha value is 0.0900. The molecule has 10 heavy (non-hydrogen) atoms. The molecule has 1 aliphatic rings. The largest absolute Gasteiger partial charge is 1.00 e. The molecule has 0 saturated heterocycles. The fourth-order valence-corrected chi connectivity index (χ4v) is 0.750. The second-order valence-corrected chi connectivity index (χ2v) is 2.11. The standard InChI is InChI=1S/C5H8F2N2.HI/c1-8-2-3-9(4-8)5(6)7;/h2-3,5H,4H2,1H3;1H. The maximum atomic E-state index is 11.8. The first kappa shape index (κ1) is 10.1. The van der Waals surface area contributed by atoms with Crippen LogP contribution in [0.5, 0.6) is 0 Å². The average Bonchev–Trinajstić information content (AvgIpc) is 2.14. The number of quaternary nitrogens is 1. The SMILES string of the molecule is C[NH+]1C=CN(C(F)F)C1.[I-]. The summed E-state index contributed by atoms with van der Waals surface area (Å²) in [7, 11) is 1.83. The first-order valence-electron chi connectivity index (χ1n) is 2.74. The number of hydrogen-bond donors (Lipinski definition) is 1. The van der Waals surface area contributed by atoms with Crippen LogP contribution in [-0.4, -0.2) is 25.2 Å². The molecule has 2 nitrogen and oxygen atoms in total. The van der Waals surface area contributed by atoms with Gasteiger partial charge < -0.3 is 24.0 Å². The minimum Gasteiger partial charge on any atom is -1.00 e. The van der Waals surface area contributed by atoms with E-state index in [0.29, 0.717) is 6.67 Å². The van der Waals surface area contributed by atoms with E-state index in [1.165, 1.54) is 6.20 Å². The monoisotopic (exact) mass is 262 g/mol. The zero-order chi connectivity index (χ0) is 6.85. The smallest absolute Gasteiger partial charge is 0.319 e. The van der Waals surface area contributed by atoms with Crippen molar-refractivity contribution in [2.24, 2.45) is 0 Å². The van der Waals surface area contributed by atoms with E-state index < -0.39 is 6.55 Å². The maximum Gasteiger partial charge on any atom is 0.319 e. The molecule has 0 aromatic carbocycles. The van der Waals surface area contributed by atoms with Gasteiger partial charge in [-0.3, -0.25) is 9.80 Å². The highest BCUT2D eigenvalue weighted by atomic mass is 127. The molecule has 1 atom stereocenters. The van der Waals surface area contributed by atoms with Crippen LogP contribution in [0.3, 0.4) is 0 Å². The lowest BCUT2D eigenvalue weighted by molar-refractivity contribution is -0.828. The van der Waals surface area contributed by atoms with Crippen molar-refractivity contribution in [2.45, 2.75) is 6.55 Å². The molecule has 1 unspecified atom stereocenters. The molecule has 1 rings (SSSR count). The van der Waals surface area contributed by atoms with Crippen LogP contribution in [0.4, 0.5) is 8.78 Å². The molecule has 0 bridgehead atoms. The van der Waals surface area contributed by atoms with Gasteiger partial charge in [-0.25, -0.2) is 0 Å². The number of alkyl halides is 2. The summed E-state index contributed by atoms with van der Waals surface area (Å²) in [5.41, 5.74) is 0. The van der Waals surface area contributed by atoms with Gasteiger partial charge in [-0.2, -0.15) is 8.78 Å². The van der Waals surface area contributed by atoms with Gasteiger partial charge in [0.15, 0.2) is 6.67 Å². The second-order valence-electron chi connectivity index (χ2n) is 2.11. The Bertz CT molecular complexity index is 129. The predicted octanol–water partition coefficient (Wildman–Crippen LogP) is -3.53. The minimum atomic E-state index is -2.35. The van der Waals surface area contributed by atoms with E-state index in [-0.39, 0.29) is 24.0 Å². The number of nitrogens with one attached hydrogen (secondary N) is 1. The highest BCUT2D eigenvalue weighted by molar-refractivity contribution is 4.76. The minimum absolute atomic E-state index is 0. The van der Waals surface area contributed by atoms with Crippen LogP contribution < -0.4 is 28.9 Å². The van der Waals surface area contributed by atoms with Crippen molar-refractivity contribution in [1.82, 2.24) is 4.90 Å². The first-order chi connectivity index (χ1) is 4.20. The zero-order valence-electron chi connectivity index (χ0n) is 5.52. The lowest BCUT2D eigenvalue weighted by atomic mass is 10.8. The molecule has 1 aliphatic heterocycles. The van der Waals surface area contributed by atoms with Crippen LogP contribution >= 0.6 is 0 Å².